The summed E-state index contributed by atoms with van der Waals surface area (Å²) in [7, 11) is -2.03. The van der Waals surface area contributed by atoms with Crippen molar-refractivity contribution in [3.05, 3.63) is 77.5 Å². The summed E-state index contributed by atoms with van der Waals surface area (Å²) in [6.45, 7) is 6.84. The normalized spacial score (nSPS) is 25.0. The molecule has 2 aromatic carbocycles. The maximum Gasteiger partial charge on any atom is 0.262 e. The monoisotopic (exact) mass is 361 g/mol. The number of imide groups is 1. The molecule has 0 aromatic heterocycles. The summed E-state index contributed by atoms with van der Waals surface area (Å²) < 4.78 is 0. The summed E-state index contributed by atoms with van der Waals surface area (Å²) in [5.74, 6) is -0.320. The first-order valence-corrected chi connectivity index (χ1v) is 11.4. The molecule has 0 saturated carbocycles. The highest BCUT2D eigenvalue weighted by molar-refractivity contribution is 6.98. The first-order chi connectivity index (χ1) is 12.3. The van der Waals surface area contributed by atoms with Gasteiger partial charge in [0.1, 0.15) is 8.07 Å². The smallest absolute Gasteiger partial charge is 0.262 e. The number of rotatable bonds is 2. The van der Waals surface area contributed by atoms with Gasteiger partial charge in [-0.05, 0) is 23.2 Å². The van der Waals surface area contributed by atoms with E-state index in [4.69, 9.17) is 0 Å². The Labute approximate surface area is 155 Å². The summed E-state index contributed by atoms with van der Waals surface area (Å²) in [4.78, 5) is 27.2. The number of carbonyl (C=O) groups excluding carboxylic acids is 2. The van der Waals surface area contributed by atoms with Gasteiger partial charge >= 0.3 is 0 Å². The van der Waals surface area contributed by atoms with Gasteiger partial charge in [0.15, 0.2) is 0 Å². The lowest BCUT2D eigenvalue weighted by molar-refractivity contribution is 0.0626. The lowest BCUT2D eigenvalue weighted by Gasteiger charge is -2.40. The van der Waals surface area contributed by atoms with E-state index in [2.05, 4.69) is 56.8 Å². The molecule has 0 fully saturated rings. The number of hydrogen-bond donors (Lipinski definition) is 0. The minimum absolute atomic E-state index is 0.0955. The Kier molecular flexibility index (Phi) is 3.77. The topological polar surface area (TPSA) is 37.4 Å². The Bertz CT molecular complexity index is 878. The fourth-order valence-electron chi connectivity index (χ4n) is 4.37. The highest BCUT2D eigenvalue weighted by Crippen LogP contribution is 2.45. The molecule has 0 radical (unpaired) electrons. The van der Waals surface area contributed by atoms with Crippen LogP contribution in [0, 0.1) is 0 Å². The Morgan fingerprint density at radius 2 is 1.42 bits per heavy atom. The molecule has 0 bridgehead atoms. The molecule has 2 aliphatic rings. The molecule has 3 nitrogen and oxygen atoms in total. The average molecular weight is 362 g/mol. The molecule has 26 heavy (non-hydrogen) atoms. The van der Waals surface area contributed by atoms with Crippen molar-refractivity contribution in [3.63, 3.8) is 0 Å². The second-order valence-electron chi connectivity index (χ2n) is 8.24. The van der Waals surface area contributed by atoms with Gasteiger partial charge in [0.05, 0.1) is 17.2 Å². The summed E-state index contributed by atoms with van der Waals surface area (Å²) >= 11 is 0. The lowest BCUT2D eigenvalue weighted by Crippen LogP contribution is -2.54. The van der Waals surface area contributed by atoms with Crippen LogP contribution in [0.15, 0.2) is 66.4 Å². The molecule has 4 heteroatoms. The van der Waals surface area contributed by atoms with Crippen molar-refractivity contribution in [1.29, 1.82) is 0 Å². The summed E-state index contributed by atoms with van der Waals surface area (Å²) in [5.41, 5.74) is 3.40. The van der Waals surface area contributed by atoms with Crippen LogP contribution in [0.4, 0.5) is 0 Å². The van der Waals surface area contributed by atoms with Crippen molar-refractivity contribution in [1.82, 2.24) is 4.90 Å². The molecule has 132 valence electrons. The number of fused-ring (bicyclic) bond motifs is 1. The minimum Gasteiger partial charge on any atom is -0.269 e. The van der Waals surface area contributed by atoms with Gasteiger partial charge in [-0.2, -0.15) is 0 Å². The zero-order valence-corrected chi connectivity index (χ0v) is 16.4. The minimum atomic E-state index is -2.03. The van der Waals surface area contributed by atoms with E-state index in [1.165, 1.54) is 10.1 Å². The van der Waals surface area contributed by atoms with Gasteiger partial charge < -0.3 is 0 Å². The lowest BCUT2D eigenvalue weighted by atomic mass is 10.1. The molecular formula is C22H23NO2Si. The second kappa shape index (κ2) is 5.78. The maximum atomic E-state index is 12.9. The fourth-order valence-corrected chi connectivity index (χ4v) is 9.23. The van der Waals surface area contributed by atoms with E-state index >= 15 is 0 Å². The van der Waals surface area contributed by atoms with Crippen LogP contribution in [0.25, 0.3) is 0 Å². The van der Waals surface area contributed by atoms with Gasteiger partial charge in [-0.15, -0.1) is 0 Å². The van der Waals surface area contributed by atoms with Gasteiger partial charge in [-0.25, -0.2) is 0 Å². The first kappa shape index (κ1) is 17.0. The standard InChI is InChI=1S/C22H23NO2Si/c1-22(2,3)26(17-9-5-4-6-10-17)14-13-16(15-26)23-20(24)18-11-7-8-12-19(18)21(23)25/h4-14,16H,15H2,1-3H3/t16-,26+/m1/s1. The molecule has 0 unspecified atom stereocenters. The van der Waals surface area contributed by atoms with Gasteiger partial charge in [-0.1, -0.05) is 80.2 Å². The molecular weight excluding hydrogens is 338 g/mol. The number of carbonyl (C=O) groups is 2. The molecule has 0 saturated heterocycles. The predicted octanol–water partition coefficient (Wildman–Crippen LogP) is 3.92. The largest absolute Gasteiger partial charge is 0.269 e. The van der Waals surface area contributed by atoms with Crippen molar-refractivity contribution >= 4 is 25.1 Å². The number of hydrogen-bond acceptors (Lipinski definition) is 2. The quantitative estimate of drug-likeness (QED) is 0.601. The zero-order chi connectivity index (χ0) is 18.5. The molecule has 0 aliphatic carbocycles. The van der Waals surface area contributed by atoms with Crippen molar-refractivity contribution < 1.29 is 9.59 Å². The van der Waals surface area contributed by atoms with Crippen molar-refractivity contribution in [3.8, 4) is 0 Å². The van der Waals surface area contributed by atoms with Crippen molar-refractivity contribution in [2.75, 3.05) is 0 Å². The van der Waals surface area contributed by atoms with E-state index in [9.17, 15) is 9.59 Å². The number of benzene rings is 2. The summed E-state index contributed by atoms with van der Waals surface area (Å²) in [5, 5.41) is 1.46. The van der Waals surface area contributed by atoms with E-state index in [0.29, 0.717) is 11.1 Å². The van der Waals surface area contributed by atoms with Crippen LogP contribution in [0.5, 0.6) is 0 Å². The Balaban J connectivity index is 1.72. The molecule has 2 amide bonds. The molecule has 4 rings (SSSR count). The average Bonchev–Trinajstić information content (AvgIpc) is 3.17. The van der Waals surface area contributed by atoms with E-state index in [-0.39, 0.29) is 22.9 Å². The fraction of sp³-hybridized carbons (Fsp3) is 0.273. The van der Waals surface area contributed by atoms with Crippen LogP contribution in [-0.4, -0.2) is 30.8 Å². The van der Waals surface area contributed by atoms with E-state index in [1.54, 1.807) is 12.1 Å². The molecule has 0 N–H and O–H groups in total. The van der Waals surface area contributed by atoms with Crippen molar-refractivity contribution in [2.45, 2.75) is 37.9 Å². The highest BCUT2D eigenvalue weighted by Gasteiger charge is 2.51. The number of nitrogens with zero attached hydrogens (tertiary/aromatic N) is 1. The van der Waals surface area contributed by atoms with E-state index in [1.807, 2.05) is 18.2 Å². The molecule has 0 spiro atoms. The third-order valence-corrected chi connectivity index (χ3v) is 11.8. The maximum absolute atomic E-state index is 12.9. The first-order valence-electron chi connectivity index (χ1n) is 9.07. The van der Waals surface area contributed by atoms with Crippen molar-refractivity contribution in [2.24, 2.45) is 0 Å². The summed E-state index contributed by atoms with van der Waals surface area (Å²) in [6.07, 6.45) is 2.10. The summed E-state index contributed by atoms with van der Waals surface area (Å²) in [6, 6.07) is 18.4. The number of amides is 2. The van der Waals surface area contributed by atoms with Gasteiger partial charge in [0.25, 0.3) is 11.8 Å². The molecule has 2 heterocycles. The zero-order valence-electron chi connectivity index (χ0n) is 15.4. The van der Waals surface area contributed by atoms with Gasteiger partial charge in [-0.3, -0.25) is 14.5 Å². The molecule has 2 atom stereocenters. The SMILES string of the molecule is CC(C)(C)[Si@@]1(c2ccccc2)C=C[C@@H](N2C(=O)c3ccccc3C2=O)C1. The van der Waals surface area contributed by atoms with Crippen LogP contribution in [-0.2, 0) is 0 Å². The molecule has 2 aromatic rings. The van der Waals surface area contributed by atoms with Crippen LogP contribution in [0.1, 0.15) is 41.5 Å². The van der Waals surface area contributed by atoms with E-state index < -0.39 is 8.07 Å². The van der Waals surface area contributed by atoms with Crippen LogP contribution >= 0.6 is 0 Å². The van der Waals surface area contributed by atoms with E-state index in [0.717, 1.165) is 6.04 Å². The van der Waals surface area contributed by atoms with Gasteiger partial charge in [0.2, 0.25) is 0 Å². The van der Waals surface area contributed by atoms with Crippen LogP contribution in [0.2, 0.25) is 11.1 Å². The van der Waals surface area contributed by atoms with Crippen LogP contribution < -0.4 is 5.19 Å². The van der Waals surface area contributed by atoms with Gasteiger partial charge in [0, 0.05) is 0 Å². The Hall–Kier alpha value is -2.46. The highest BCUT2D eigenvalue weighted by atomic mass is 28.3. The predicted molar refractivity (Wildman–Crippen MR) is 106 cm³/mol. The second-order valence-corrected chi connectivity index (χ2v) is 13.0. The Morgan fingerprint density at radius 1 is 0.885 bits per heavy atom. The molecule has 2 aliphatic heterocycles. The third kappa shape index (κ3) is 2.32. The van der Waals surface area contributed by atoms with Crippen LogP contribution in [0.3, 0.4) is 0 Å². The Morgan fingerprint density at radius 3 is 1.96 bits per heavy atom. The third-order valence-electron chi connectivity index (χ3n) is 5.92.